The van der Waals surface area contributed by atoms with E-state index >= 15 is 0 Å². The average molecular weight is 527 g/mol. The van der Waals surface area contributed by atoms with Gasteiger partial charge in [-0.3, -0.25) is 10.1 Å². The maximum Gasteiger partial charge on any atom is 0.416 e. The minimum Gasteiger partial charge on any atom is -0.371 e. The highest BCUT2D eigenvalue weighted by atomic mass is 19.4. The molecule has 1 saturated heterocycles. The number of carbonyl (C=O) groups excluding carboxylic acids is 1. The van der Waals surface area contributed by atoms with E-state index in [0.29, 0.717) is 30.5 Å². The Hall–Kier alpha value is -3.11. The van der Waals surface area contributed by atoms with Crippen LogP contribution in [0.3, 0.4) is 0 Å². The Bertz CT molecular complexity index is 1100. The Labute approximate surface area is 211 Å². The Morgan fingerprint density at radius 1 is 1.03 bits per heavy atom. The van der Waals surface area contributed by atoms with Gasteiger partial charge in [-0.1, -0.05) is 42.5 Å². The van der Waals surface area contributed by atoms with Crippen LogP contribution >= 0.6 is 0 Å². The van der Waals surface area contributed by atoms with E-state index in [1.807, 2.05) is 0 Å². The lowest BCUT2D eigenvalue weighted by atomic mass is 9.88. The van der Waals surface area contributed by atoms with E-state index < -0.39 is 40.7 Å². The van der Waals surface area contributed by atoms with Crippen molar-refractivity contribution in [2.75, 3.05) is 13.2 Å². The molecule has 0 aliphatic carbocycles. The van der Waals surface area contributed by atoms with Crippen molar-refractivity contribution < 1.29 is 35.9 Å². The van der Waals surface area contributed by atoms with Gasteiger partial charge < -0.3 is 10.1 Å². The van der Waals surface area contributed by atoms with Gasteiger partial charge in [-0.15, -0.1) is 13.2 Å². The van der Waals surface area contributed by atoms with Crippen molar-refractivity contribution >= 4 is 5.91 Å². The molecule has 2 aromatic rings. The highest BCUT2D eigenvalue weighted by Crippen LogP contribution is 2.38. The topological polar surface area (TPSA) is 50.4 Å². The van der Waals surface area contributed by atoms with Gasteiger partial charge in [-0.25, -0.2) is 0 Å². The van der Waals surface area contributed by atoms with Gasteiger partial charge in [0, 0.05) is 13.0 Å². The van der Waals surface area contributed by atoms with Gasteiger partial charge in [-0.2, -0.15) is 26.3 Å². The highest BCUT2D eigenvalue weighted by molar-refractivity contribution is 5.80. The minimum absolute atomic E-state index is 0.0837. The number of ether oxygens (including phenoxy) is 1. The molecule has 3 atom stereocenters. The van der Waals surface area contributed by atoms with E-state index in [1.165, 1.54) is 6.92 Å². The van der Waals surface area contributed by atoms with Crippen molar-refractivity contribution in [1.82, 2.24) is 10.6 Å². The van der Waals surface area contributed by atoms with Crippen LogP contribution in [-0.2, 0) is 27.4 Å². The van der Waals surface area contributed by atoms with Gasteiger partial charge >= 0.3 is 12.4 Å². The summed E-state index contributed by atoms with van der Waals surface area (Å²) < 4.78 is 85.9. The van der Waals surface area contributed by atoms with Crippen molar-refractivity contribution in [3.05, 3.63) is 96.1 Å². The number of carbonyl (C=O) groups is 1. The predicted octanol–water partition coefficient (Wildman–Crippen LogP) is 6.31. The normalized spacial score (nSPS) is 20.7. The Balaban J connectivity index is 1.91. The van der Waals surface area contributed by atoms with E-state index in [4.69, 9.17) is 4.74 Å². The second-order valence-corrected chi connectivity index (χ2v) is 9.10. The van der Waals surface area contributed by atoms with Crippen molar-refractivity contribution in [2.45, 2.75) is 49.3 Å². The van der Waals surface area contributed by atoms with Crippen molar-refractivity contribution in [2.24, 2.45) is 0 Å². The fraction of sp³-hybridized carbons (Fsp3) is 0.370. The van der Waals surface area contributed by atoms with E-state index in [0.717, 1.165) is 0 Å². The molecule has 1 amide bonds. The van der Waals surface area contributed by atoms with Gasteiger partial charge in [-0.05, 0) is 42.7 Å². The molecular weight excluding hydrogens is 498 g/mol. The van der Waals surface area contributed by atoms with Gasteiger partial charge in [0.05, 0.1) is 34.9 Å². The number of benzene rings is 2. The van der Waals surface area contributed by atoms with Crippen molar-refractivity contribution in [1.29, 1.82) is 0 Å². The van der Waals surface area contributed by atoms with Crippen molar-refractivity contribution in [3.63, 3.8) is 0 Å². The summed E-state index contributed by atoms with van der Waals surface area (Å²) >= 11 is 0. The summed E-state index contributed by atoms with van der Waals surface area (Å²) in [5.41, 5.74) is -4.18. The largest absolute Gasteiger partial charge is 0.416 e. The Kier molecular flexibility index (Phi) is 8.24. The predicted molar refractivity (Wildman–Crippen MR) is 127 cm³/mol. The van der Waals surface area contributed by atoms with Gasteiger partial charge in [0.25, 0.3) is 0 Å². The van der Waals surface area contributed by atoms with Gasteiger partial charge in [0.1, 0.15) is 0 Å². The molecule has 200 valence electrons. The van der Waals surface area contributed by atoms with Gasteiger partial charge in [0.15, 0.2) is 0 Å². The number of hydrogen-bond donors (Lipinski definition) is 2. The zero-order chi connectivity index (χ0) is 27.5. The average Bonchev–Trinajstić information content (AvgIpc) is 3.24. The SMILES string of the molecule is C=CC1(CNC(C=C)(COC(C)c2cc(C(F)(F)F)cc(C(F)(F)F)c2)c2ccccc2)CCC(=O)N1. The van der Waals surface area contributed by atoms with E-state index in [2.05, 4.69) is 23.8 Å². The summed E-state index contributed by atoms with van der Waals surface area (Å²) in [6.45, 7) is 9.19. The molecule has 1 aliphatic heterocycles. The molecule has 1 fully saturated rings. The fourth-order valence-electron chi connectivity index (χ4n) is 4.20. The molecule has 1 aliphatic rings. The molecule has 4 nitrogen and oxygen atoms in total. The summed E-state index contributed by atoms with van der Waals surface area (Å²) in [6.07, 6.45) is -7.01. The van der Waals surface area contributed by atoms with E-state index in [9.17, 15) is 31.1 Å². The van der Waals surface area contributed by atoms with E-state index in [-0.39, 0.29) is 30.7 Å². The lowest BCUT2D eigenvalue weighted by Crippen LogP contribution is -2.55. The van der Waals surface area contributed by atoms with Crippen LogP contribution in [0.1, 0.15) is 48.1 Å². The summed E-state index contributed by atoms with van der Waals surface area (Å²) in [5, 5.41) is 6.23. The minimum atomic E-state index is -4.96. The molecule has 0 radical (unpaired) electrons. The maximum absolute atomic E-state index is 13.3. The maximum atomic E-state index is 13.3. The van der Waals surface area contributed by atoms with Crippen LogP contribution in [0, 0.1) is 0 Å². The zero-order valence-electron chi connectivity index (χ0n) is 20.2. The smallest absolute Gasteiger partial charge is 0.371 e. The molecular formula is C27H28F6N2O2. The third-order valence-electron chi connectivity index (χ3n) is 6.57. The van der Waals surface area contributed by atoms with Crippen LogP contribution in [0.15, 0.2) is 73.8 Å². The molecule has 0 aromatic heterocycles. The number of nitrogens with one attached hydrogen (secondary N) is 2. The zero-order valence-corrected chi connectivity index (χ0v) is 20.2. The standard InChI is InChI=1S/C27H28F6N2O2/c1-4-24(12-11-23(36)35-24)16-34-25(5-2,20-9-7-6-8-10-20)17-37-18(3)19-13-21(26(28,29)30)15-22(14-19)27(31,32)33/h4-10,13-15,18,34H,1-2,11-12,16-17H2,3H3,(H,35,36). The molecule has 10 heteroatoms. The monoisotopic (exact) mass is 526 g/mol. The van der Waals surface area contributed by atoms with Crippen LogP contribution in [0.5, 0.6) is 0 Å². The molecule has 1 heterocycles. The lowest BCUT2D eigenvalue weighted by Gasteiger charge is -2.37. The van der Waals surface area contributed by atoms with E-state index in [1.54, 1.807) is 42.5 Å². The van der Waals surface area contributed by atoms with Crippen LogP contribution in [0.25, 0.3) is 0 Å². The first kappa shape index (κ1) is 28.5. The summed E-state index contributed by atoms with van der Waals surface area (Å²) in [6, 6.07) is 10.3. The van der Waals surface area contributed by atoms with Gasteiger partial charge in [0.2, 0.25) is 5.91 Å². The van der Waals surface area contributed by atoms with Crippen LogP contribution in [0.4, 0.5) is 26.3 Å². The number of alkyl halides is 6. The van der Waals surface area contributed by atoms with Crippen LogP contribution in [-0.4, -0.2) is 24.6 Å². The first-order valence-corrected chi connectivity index (χ1v) is 11.5. The van der Waals surface area contributed by atoms with Crippen LogP contribution in [0.2, 0.25) is 0 Å². The third-order valence-corrected chi connectivity index (χ3v) is 6.57. The number of hydrogen-bond acceptors (Lipinski definition) is 3. The Morgan fingerprint density at radius 2 is 1.62 bits per heavy atom. The van der Waals surface area contributed by atoms with Crippen LogP contribution < -0.4 is 10.6 Å². The molecule has 0 bridgehead atoms. The molecule has 0 saturated carbocycles. The number of amides is 1. The first-order chi connectivity index (χ1) is 17.2. The first-order valence-electron chi connectivity index (χ1n) is 11.5. The quantitative estimate of drug-likeness (QED) is 0.282. The molecule has 3 rings (SSSR count). The summed E-state index contributed by atoms with van der Waals surface area (Å²) in [7, 11) is 0. The highest BCUT2D eigenvalue weighted by Gasteiger charge is 2.40. The molecule has 0 spiro atoms. The lowest BCUT2D eigenvalue weighted by molar-refractivity contribution is -0.143. The summed E-state index contributed by atoms with van der Waals surface area (Å²) in [4.78, 5) is 11.9. The number of rotatable bonds is 10. The third kappa shape index (κ3) is 6.61. The molecule has 3 unspecified atom stereocenters. The van der Waals surface area contributed by atoms with Crippen molar-refractivity contribution in [3.8, 4) is 0 Å². The Morgan fingerprint density at radius 3 is 2.08 bits per heavy atom. The number of halogens is 6. The fourth-order valence-corrected chi connectivity index (χ4v) is 4.20. The molecule has 2 N–H and O–H groups in total. The second-order valence-electron chi connectivity index (χ2n) is 9.10. The summed E-state index contributed by atoms with van der Waals surface area (Å²) in [5.74, 6) is -0.125. The second kappa shape index (κ2) is 10.7. The molecule has 2 aromatic carbocycles. The molecule has 37 heavy (non-hydrogen) atoms.